The summed E-state index contributed by atoms with van der Waals surface area (Å²) in [5.41, 5.74) is 7.22. The molecule has 0 aliphatic carbocycles. The minimum atomic E-state index is -0.511. The van der Waals surface area contributed by atoms with Crippen molar-refractivity contribution in [1.82, 2.24) is 0 Å². The van der Waals surface area contributed by atoms with Gasteiger partial charge in [0.1, 0.15) is 12.4 Å². The Labute approximate surface area is 376 Å². The Morgan fingerprint density at radius 2 is 1.05 bits per heavy atom. The lowest BCUT2D eigenvalue weighted by Gasteiger charge is -2.23. The van der Waals surface area contributed by atoms with Crippen LogP contribution in [0, 0.1) is 6.92 Å². The summed E-state index contributed by atoms with van der Waals surface area (Å²) in [4.78, 5) is 37.7. The third kappa shape index (κ3) is 11.5. The van der Waals surface area contributed by atoms with E-state index < -0.39 is 17.9 Å². The number of hydrogen-bond acceptors (Lipinski definition) is 13. The maximum atomic E-state index is 12.8. The number of ether oxygens (including phenoxy) is 3. The number of nitrogens with zero attached hydrogens (tertiary/aromatic N) is 7. The van der Waals surface area contributed by atoms with Crippen molar-refractivity contribution in [3.05, 3.63) is 182 Å². The number of azo groups is 3. The van der Waals surface area contributed by atoms with Gasteiger partial charge in [0.2, 0.25) is 0 Å². The predicted octanol–water partition coefficient (Wildman–Crippen LogP) is 13.6. The van der Waals surface area contributed by atoms with Crippen molar-refractivity contribution >= 4 is 79.3 Å². The summed E-state index contributed by atoms with van der Waals surface area (Å²) >= 11 is 0. The largest absolute Gasteiger partial charge is 0.462 e. The van der Waals surface area contributed by atoms with Gasteiger partial charge in [-0.1, -0.05) is 73.8 Å². The van der Waals surface area contributed by atoms with E-state index in [0.717, 1.165) is 62.7 Å². The first-order valence-electron chi connectivity index (χ1n) is 20.9. The Morgan fingerprint density at radius 1 is 0.569 bits per heavy atom. The molecule has 0 fully saturated rings. The molecular formula is C52H45N7O6. The zero-order valence-electron chi connectivity index (χ0n) is 36.0. The molecule has 13 nitrogen and oxygen atoms in total. The number of likely N-dealkylation sites (N-methyl/N-ethyl adjacent to an activating group) is 1. The average Bonchev–Trinajstić information content (AvgIpc) is 3.34. The fourth-order valence-electron chi connectivity index (χ4n) is 6.83. The van der Waals surface area contributed by atoms with Crippen molar-refractivity contribution < 1.29 is 28.6 Å². The summed E-state index contributed by atoms with van der Waals surface area (Å²) in [5.74, 6) is -1.03. The molecule has 65 heavy (non-hydrogen) atoms. The third-order valence-electron chi connectivity index (χ3n) is 10.3. The van der Waals surface area contributed by atoms with E-state index in [1.807, 2.05) is 111 Å². The summed E-state index contributed by atoms with van der Waals surface area (Å²) < 4.78 is 15.7. The monoisotopic (exact) mass is 863 g/mol. The summed E-state index contributed by atoms with van der Waals surface area (Å²) in [7, 11) is 0. The van der Waals surface area contributed by atoms with Gasteiger partial charge in [0, 0.05) is 52.3 Å². The van der Waals surface area contributed by atoms with Gasteiger partial charge in [-0.3, -0.25) is 0 Å². The van der Waals surface area contributed by atoms with E-state index in [0.29, 0.717) is 52.7 Å². The third-order valence-corrected chi connectivity index (χ3v) is 10.3. The molecule has 0 bridgehead atoms. The summed E-state index contributed by atoms with van der Waals surface area (Å²) in [6.45, 7) is 12.7. The minimum Gasteiger partial charge on any atom is -0.462 e. The molecule has 0 amide bonds. The second-order valence-corrected chi connectivity index (χ2v) is 14.5. The van der Waals surface area contributed by atoms with Crippen LogP contribution in [-0.4, -0.2) is 44.2 Å². The number of fused-ring (bicyclic) bond motifs is 2. The number of anilines is 1. The van der Waals surface area contributed by atoms with Crippen LogP contribution in [-0.2, 0) is 25.5 Å². The fourth-order valence-corrected chi connectivity index (χ4v) is 6.83. The van der Waals surface area contributed by atoms with E-state index >= 15 is 0 Å². The van der Waals surface area contributed by atoms with Gasteiger partial charge in [0.15, 0.2) is 0 Å². The molecule has 0 aromatic heterocycles. The van der Waals surface area contributed by atoms with Crippen LogP contribution in [0.5, 0.6) is 5.75 Å². The highest BCUT2D eigenvalue weighted by Gasteiger charge is 2.12. The lowest BCUT2D eigenvalue weighted by atomic mass is 10.1. The molecule has 0 heterocycles. The summed E-state index contributed by atoms with van der Waals surface area (Å²) in [5, 5.41) is 31.1. The quantitative estimate of drug-likeness (QED) is 0.0360. The smallest absolute Gasteiger partial charge is 0.343 e. The molecule has 0 radical (unpaired) electrons. The Morgan fingerprint density at radius 3 is 1.54 bits per heavy atom. The highest BCUT2D eigenvalue weighted by Crippen LogP contribution is 2.38. The molecule has 13 heteroatoms. The number of carbonyl (C=O) groups is 3. The zero-order chi connectivity index (χ0) is 45.5. The van der Waals surface area contributed by atoms with Crippen molar-refractivity contribution in [2.45, 2.75) is 20.3 Å². The van der Waals surface area contributed by atoms with Crippen LogP contribution >= 0.6 is 0 Å². The van der Waals surface area contributed by atoms with Crippen molar-refractivity contribution in [3.8, 4) is 5.75 Å². The lowest BCUT2D eigenvalue weighted by Crippen LogP contribution is -2.27. The fraction of sp³-hybridized carbons (Fsp3) is 0.135. The molecule has 0 atom stereocenters. The minimum absolute atomic E-state index is 0.228. The van der Waals surface area contributed by atoms with E-state index in [1.165, 1.54) is 0 Å². The standard InChI is InChI=1S/C52H45N7O6/c1-5-50(60)63-32-30-36-16-23-40(24-17-36)65-52(62)37-18-20-38(21-19-37)53-55-46-26-27-48(42-13-9-8-12-41(42)46)57-58-49-29-28-47(43-14-10-11-15-44(43)49)56-54-45-25-22-39(34-35(45)4)59(7-3)31-33-64-51(61)6-2/h5-6,8-29,34H,1-2,7,30-33H2,3-4H3. The second kappa shape index (κ2) is 21.6. The van der Waals surface area contributed by atoms with Crippen molar-refractivity contribution in [2.24, 2.45) is 30.7 Å². The number of rotatable bonds is 18. The van der Waals surface area contributed by atoms with E-state index in [4.69, 9.17) is 24.4 Å². The van der Waals surface area contributed by atoms with Crippen LogP contribution < -0.4 is 9.64 Å². The van der Waals surface area contributed by atoms with Gasteiger partial charge in [-0.25, -0.2) is 14.4 Å². The van der Waals surface area contributed by atoms with E-state index in [9.17, 15) is 14.4 Å². The van der Waals surface area contributed by atoms with Gasteiger partial charge in [0.25, 0.3) is 0 Å². The molecule has 0 aliphatic rings. The highest BCUT2D eigenvalue weighted by atomic mass is 16.5. The van der Waals surface area contributed by atoms with E-state index in [1.54, 1.807) is 36.4 Å². The van der Waals surface area contributed by atoms with Crippen LogP contribution in [0.4, 0.5) is 39.8 Å². The first kappa shape index (κ1) is 44.6. The normalized spacial score (nSPS) is 11.4. The number of esters is 3. The van der Waals surface area contributed by atoms with E-state index in [-0.39, 0.29) is 13.2 Å². The maximum Gasteiger partial charge on any atom is 0.343 e. The van der Waals surface area contributed by atoms with Crippen molar-refractivity contribution in [1.29, 1.82) is 0 Å². The molecule has 7 aromatic carbocycles. The predicted molar refractivity (Wildman–Crippen MR) is 253 cm³/mol. The van der Waals surface area contributed by atoms with Crippen LogP contribution in [0.15, 0.2) is 196 Å². The van der Waals surface area contributed by atoms with Gasteiger partial charge in [-0.05, 0) is 104 Å². The average molecular weight is 864 g/mol. The second-order valence-electron chi connectivity index (χ2n) is 14.5. The van der Waals surface area contributed by atoms with Gasteiger partial charge in [-0.2, -0.15) is 10.2 Å². The molecule has 0 saturated carbocycles. The number of benzene rings is 7. The van der Waals surface area contributed by atoms with E-state index in [2.05, 4.69) is 44.6 Å². The van der Waals surface area contributed by atoms with Crippen molar-refractivity contribution in [2.75, 3.05) is 31.2 Å². The summed E-state index contributed by atoms with van der Waals surface area (Å²) in [6, 6.07) is 42.8. The number of hydrogen-bond donors (Lipinski definition) is 0. The van der Waals surface area contributed by atoms with Crippen LogP contribution in [0.1, 0.15) is 28.4 Å². The molecule has 0 unspecified atom stereocenters. The maximum absolute atomic E-state index is 12.8. The lowest BCUT2D eigenvalue weighted by molar-refractivity contribution is -0.138. The molecule has 0 spiro atoms. The Balaban J connectivity index is 1.01. The SMILES string of the molecule is C=CC(=O)OCCc1ccc(OC(=O)c2ccc(N=Nc3ccc(N=Nc4ccc(N=Nc5ccc(N(CC)CCOC(=O)C=C)cc5C)c5ccccc45)c4ccccc34)cc2)cc1. The molecule has 0 aliphatic heterocycles. The molecule has 0 saturated heterocycles. The Kier molecular flexibility index (Phi) is 14.8. The first-order chi connectivity index (χ1) is 31.7. The first-order valence-corrected chi connectivity index (χ1v) is 20.9. The Bertz CT molecular complexity index is 2960. The highest BCUT2D eigenvalue weighted by molar-refractivity contribution is 6.01. The zero-order valence-corrected chi connectivity index (χ0v) is 36.0. The van der Waals surface area contributed by atoms with Gasteiger partial charge >= 0.3 is 17.9 Å². The molecule has 324 valence electrons. The van der Waals surface area contributed by atoms with Crippen LogP contribution in [0.3, 0.4) is 0 Å². The molecular weight excluding hydrogens is 819 g/mol. The topological polar surface area (TPSA) is 156 Å². The van der Waals surface area contributed by atoms with Crippen LogP contribution in [0.25, 0.3) is 21.5 Å². The summed E-state index contributed by atoms with van der Waals surface area (Å²) in [6.07, 6.45) is 2.81. The molecule has 7 aromatic rings. The van der Waals surface area contributed by atoms with Gasteiger partial charge in [0.05, 0.1) is 52.8 Å². The molecule has 7 rings (SSSR count). The number of carbonyl (C=O) groups excluding carboxylic acids is 3. The Hall–Kier alpha value is -8.45. The number of aryl methyl sites for hydroxylation is 1. The molecule has 0 N–H and O–H groups in total. The van der Waals surface area contributed by atoms with Gasteiger partial charge in [-0.15, -0.1) is 20.5 Å². The van der Waals surface area contributed by atoms with Crippen LogP contribution in [0.2, 0.25) is 0 Å². The van der Waals surface area contributed by atoms with Gasteiger partial charge < -0.3 is 19.1 Å². The van der Waals surface area contributed by atoms with Crippen molar-refractivity contribution in [3.63, 3.8) is 0 Å².